The van der Waals surface area contributed by atoms with E-state index >= 15 is 0 Å². The third kappa shape index (κ3) is 8.98. The van der Waals surface area contributed by atoms with Gasteiger partial charge in [-0.25, -0.2) is 50.5 Å². The lowest BCUT2D eigenvalue weighted by molar-refractivity contribution is 0.00786. The molecular formula is C47H58F6N8O2. The lowest BCUT2D eigenvalue weighted by atomic mass is 9.82. The molecule has 0 radical (unpaired) electrons. The lowest BCUT2D eigenvalue weighted by Crippen LogP contribution is -2.47. The van der Waals surface area contributed by atoms with Crippen LogP contribution in [-0.4, -0.2) is 72.3 Å². The van der Waals surface area contributed by atoms with E-state index in [0.29, 0.717) is 91.9 Å². The van der Waals surface area contributed by atoms with Crippen LogP contribution in [0.15, 0.2) is 24.3 Å². The molecule has 4 fully saturated rings. The summed E-state index contributed by atoms with van der Waals surface area (Å²) < 4.78 is 93.1. The van der Waals surface area contributed by atoms with Gasteiger partial charge in [0.05, 0.1) is 0 Å². The van der Waals surface area contributed by atoms with E-state index in [1.807, 2.05) is 35.0 Å². The van der Waals surface area contributed by atoms with Crippen molar-refractivity contribution in [3.05, 3.63) is 93.6 Å². The topological polar surface area (TPSA) is 103 Å². The first-order valence-corrected chi connectivity index (χ1v) is 23.0. The molecule has 10 nitrogen and oxygen atoms in total. The SMILES string of the molecule is CC(C)(C)OC(=O)N1C[C@H]2CC[C@@H](C1)C2Cc1nc2n(n1)CCCCC2c1ccc(F)c(F)c1F.Fc1ccc(C2CCCCn3nc(CC4[C@@H]5CC[C@H]4CNC5)nc32)c(F)c1F. The number of benzene rings is 2. The fraction of sp³-hybridized carbons (Fsp3) is 0.638. The average molecular weight is 881 g/mol. The number of piperidine rings is 2. The highest BCUT2D eigenvalue weighted by atomic mass is 19.2. The molecule has 2 saturated heterocycles. The van der Waals surface area contributed by atoms with Crippen molar-refractivity contribution in [2.24, 2.45) is 35.5 Å². The summed E-state index contributed by atoms with van der Waals surface area (Å²) in [7, 11) is 0. The minimum absolute atomic E-state index is 0.136. The van der Waals surface area contributed by atoms with E-state index in [1.54, 1.807) is 0 Å². The standard InChI is InChI=1S/C26H33F3N4O2.C21H25F3N4/c1-26(2,3)35-25(34)32-13-15-7-8-16(14-32)19(15)12-21-30-24-18(6-4-5-11-33(24)31-21)17-9-10-20(27)23(29)22(17)28;22-17-7-6-14(19(23)20(17)24)15-3-1-2-8-28-21(15)26-18(27-28)9-16-12-4-5-13(16)11-25-10-12/h9-10,15-16,18-19H,4-8,11-14H2,1-3H3;6-7,12-13,15-16,25H,1-5,8-11H2/t15-,16+,18?,19?;12-,13+,15?,16?. The number of hydrogen-bond donors (Lipinski definition) is 1. The number of nitrogens with one attached hydrogen (secondary N) is 1. The van der Waals surface area contributed by atoms with E-state index in [2.05, 4.69) is 5.32 Å². The summed E-state index contributed by atoms with van der Waals surface area (Å²) in [4.78, 5) is 24.1. The van der Waals surface area contributed by atoms with Crippen molar-refractivity contribution in [1.82, 2.24) is 39.7 Å². The molecule has 2 aliphatic carbocycles. The van der Waals surface area contributed by atoms with Crippen LogP contribution in [0.25, 0.3) is 0 Å². The van der Waals surface area contributed by atoms with Crippen molar-refractivity contribution in [1.29, 1.82) is 0 Å². The first-order valence-electron chi connectivity index (χ1n) is 23.0. The Hall–Kier alpha value is -4.47. The van der Waals surface area contributed by atoms with Crippen LogP contribution >= 0.6 is 0 Å². The number of likely N-dealkylation sites (tertiary alicyclic amines) is 1. The summed E-state index contributed by atoms with van der Waals surface area (Å²) in [5.41, 5.74) is -0.200. The van der Waals surface area contributed by atoms with Gasteiger partial charge in [-0.1, -0.05) is 25.0 Å². The molecule has 4 unspecified atom stereocenters. The molecule has 4 bridgehead atoms. The second-order valence-corrected chi connectivity index (χ2v) is 19.8. The molecule has 1 amide bonds. The van der Waals surface area contributed by atoms with E-state index in [-0.39, 0.29) is 23.1 Å². The molecule has 16 heteroatoms. The Balaban J connectivity index is 0.000000164. The number of ether oxygens (including phenoxy) is 1. The smallest absolute Gasteiger partial charge is 0.410 e. The summed E-state index contributed by atoms with van der Waals surface area (Å²) in [6.07, 6.45) is 10.7. The van der Waals surface area contributed by atoms with Crippen molar-refractivity contribution >= 4 is 6.09 Å². The maximum absolute atomic E-state index is 14.7. The third-order valence-electron chi connectivity index (χ3n) is 14.7. The Morgan fingerprint density at radius 1 is 0.635 bits per heavy atom. The Labute approximate surface area is 364 Å². The van der Waals surface area contributed by atoms with Crippen LogP contribution in [0.4, 0.5) is 31.1 Å². The van der Waals surface area contributed by atoms with Gasteiger partial charge in [-0.2, -0.15) is 10.2 Å². The van der Waals surface area contributed by atoms with Gasteiger partial charge in [0.1, 0.15) is 17.2 Å². The maximum Gasteiger partial charge on any atom is 0.410 e. The molecule has 63 heavy (non-hydrogen) atoms. The van der Waals surface area contributed by atoms with E-state index in [1.165, 1.54) is 25.0 Å². The minimum atomic E-state index is -1.44. The fourth-order valence-corrected chi connectivity index (χ4v) is 11.6. The van der Waals surface area contributed by atoms with Crippen LogP contribution < -0.4 is 5.32 Å². The minimum Gasteiger partial charge on any atom is -0.444 e. The Morgan fingerprint density at radius 3 is 1.54 bits per heavy atom. The van der Waals surface area contributed by atoms with Crippen LogP contribution in [0.1, 0.15) is 131 Å². The van der Waals surface area contributed by atoms with E-state index in [0.717, 1.165) is 82.5 Å². The summed E-state index contributed by atoms with van der Waals surface area (Å²) in [5.74, 6) is -2.35. The van der Waals surface area contributed by atoms with Crippen LogP contribution in [-0.2, 0) is 30.7 Å². The van der Waals surface area contributed by atoms with Gasteiger partial charge in [0.25, 0.3) is 0 Å². The predicted octanol–water partition coefficient (Wildman–Crippen LogP) is 9.25. The molecule has 2 aromatic heterocycles. The number of carbonyl (C=O) groups excluding carboxylic acids is 1. The zero-order valence-corrected chi connectivity index (χ0v) is 36.4. The monoisotopic (exact) mass is 880 g/mol. The highest BCUT2D eigenvalue weighted by molar-refractivity contribution is 5.68. The molecule has 1 N–H and O–H groups in total. The van der Waals surface area contributed by atoms with Gasteiger partial charge in [-0.3, -0.25) is 0 Å². The molecule has 340 valence electrons. The third-order valence-corrected chi connectivity index (χ3v) is 14.7. The largest absolute Gasteiger partial charge is 0.444 e. The van der Waals surface area contributed by atoms with Crippen LogP contribution in [0, 0.1) is 70.4 Å². The number of nitrogens with zero attached hydrogens (tertiary/aromatic N) is 7. The molecule has 8 atom stereocenters. The predicted molar refractivity (Wildman–Crippen MR) is 222 cm³/mol. The zero-order valence-electron chi connectivity index (χ0n) is 36.4. The van der Waals surface area contributed by atoms with Gasteiger partial charge < -0.3 is 15.0 Å². The van der Waals surface area contributed by atoms with Crippen molar-refractivity contribution in [3.8, 4) is 0 Å². The van der Waals surface area contributed by atoms with Crippen LogP contribution in [0.3, 0.4) is 0 Å². The molecule has 2 saturated carbocycles. The summed E-state index contributed by atoms with van der Waals surface area (Å²) in [6, 6.07) is 4.67. The summed E-state index contributed by atoms with van der Waals surface area (Å²) in [6.45, 7) is 10.5. The number of fused-ring (bicyclic) bond motifs is 6. The zero-order chi connectivity index (χ0) is 44.2. The first kappa shape index (κ1) is 43.8. The van der Waals surface area contributed by atoms with E-state index in [9.17, 15) is 31.1 Å². The summed E-state index contributed by atoms with van der Waals surface area (Å²) >= 11 is 0. The van der Waals surface area contributed by atoms with Gasteiger partial charge in [-0.05, 0) is 133 Å². The number of hydrogen-bond acceptors (Lipinski definition) is 7. The molecule has 2 aromatic carbocycles. The average Bonchev–Trinajstić information content (AvgIpc) is 3.85. The maximum atomic E-state index is 14.7. The van der Waals surface area contributed by atoms with Crippen molar-refractivity contribution in [2.75, 3.05) is 26.2 Å². The van der Waals surface area contributed by atoms with Gasteiger partial charge in [-0.15, -0.1) is 0 Å². The number of halogens is 6. The molecular weight excluding hydrogens is 823 g/mol. The molecule has 4 aliphatic heterocycles. The number of aromatic nitrogens is 6. The molecule has 6 aliphatic rings. The van der Waals surface area contributed by atoms with E-state index < -0.39 is 46.4 Å². The van der Waals surface area contributed by atoms with E-state index in [4.69, 9.17) is 24.9 Å². The quantitative estimate of drug-likeness (QED) is 0.152. The Morgan fingerprint density at radius 2 is 1.08 bits per heavy atom. The first-order chi connectivity index (χ1) is 30.2. The highest BCUT2D eigenvalue weighted by Crippen LogP contribution is 2.45. The second-order valence-electron chi connectivity index (χ2n) is 19.8. The highest BCUT2D eigenvalue weighted by Gasteiger charge is 2.45. The molecule has 6 heterocycles. The summed E-state index contributed by atoms with van der Waals surface area (Å²) in [5, 5.41) is 13.0. The number of aryl methyl sites for hydroxylation is 2. The molecule has 4 aromatic rings. The van der Waals surface area contributed by atoms with Crippen LogP contribution in [0.5, 0.6) is 0 Å². The number of amides is 1. The Bertz CT molecular complexity index is 2280. The second kappa shape index (κ2) is 17.8. The van der Waals surface area contributed by atoms with Crippen molar-refractivity contribution < 1.29 is 35.9 Å². The lowest BCUT2D eigenvalue weighted by Gasteiger charge is -2.38. The van der Waals surface area contributed by atoms with Crippen molar-refractivity contribution in [2.45, 2.75) is 128 Å². The molecule has 0 spiro atoms. The van der Waals surface area contributed by atoms with Gasteiger partial charge in [0.2, 0.25) is 0 Å². The van der Waals surface area contributed by atoms with Crippen LogP contribution in [0.2, 0.25) is 0 Å². The Kier molecular flexibility index (Phi) is 12.4. The molecule has 10 rings (SSSR count). The van der Waals surface area contributed by atoms with Gasteiger partial charge in [0, 0.05) is 62.0 Å². The number of carbonyl (C=O) groups is 1. The van der Waals surface area contributed by atoms with Crippen molar-refractivity contribution in [3.63, 3.8) is 0 Å². The fourth-order valence-electron chi connectivity index (χ4n) is 11.6. The normalized spacial score (nSPS) is 27.8. The van der Waals surface area contributed by atoms with Gasteiger partial charge >= 0.3 is 6.09 Å². The number of rotatable bonds is 6. The van der Waals surface area contributed by atoms with Gasteiger partial charge in [0.15, 0.2) is 46.6 Å².